The number of anilines is 1. The maximum Gasteiger partial charge on any atom is 0.152 e. The van der Waals surface area contributed by atoms with E-state index in [-0.39, 0.29) is 0 Å². The van der Waals surface area contributed by atoms with Gasteiger partial charge in [0.05, 0.1) is 5.69 Å². The monoisotopic (exact) mass is 232 g/mol. The third-order valence-corrected chi connectivity index (χ3v) is 2.85. The van der Waals surface area contributed by atoms with E-state index >= 15 is 0 Å². The molecule has 0 spiro atoms. The lowest BCUT2D eigenvalue weighted by molar-refractivity contribution is 1.16. The lowest BCUT2D eigenvalue weighted by Crippen LogP contribution is -1.98. The Hall–Kier alpha value is -1.54. The standard InChI is InChI=1S/C13H13ClN2/c1-9-2-4-10(5-3-9)8-11-6-7-16-13(14)12(11)15/h2-7H,8,15H2,1H3. The number of rotatable bonds is 2. The fourth-order valence-electron chi connectivity index (χ4n) is 1.56. The summed E-state index contributed by atoms with van der Waals surface area (Å²) in [7, 11) is 0. The Morgan fingerprint density at radius 3 is 2.56 bits per heavy atom. The van der Waals surface area contributed by atoms with Crippen molar-refractivity contribution in [3.63, 3.8) is 0 Å². The summed E-state index contributed by atoms with van der Waals surface area (Å²) in [5.74, 6) is 0. The van der Waals surface area contributed by atoms with Crippen LogP contribution in [0.5, 0.6) is 0 Å². The first-order chi connectivity index (χ1) is 7.66. The van der Waals surface area contributed by atoms with Gasteiger partial charge in [0.2, 0.25) is 0 Å². The molecule has 0 bridgehead atoms. The molecule has 82 valence electrons. The molecule has 0 fully saturated rings. The van der Waals surface area contributed by atoms with Gasteiger partial charge in [0, 0.05) is 6.20 Å². The molecule has 2 rings (SSSR count). The third-order valence-electron chi connectivity index (χ3n) is 2.55. The van der Waals surface area contributed by atoms with Crippen LogP contribution in [-0.2, 0) is 6.42 Å². The first kappa shape index (κ1) is 11.0. The second kappa shape index (κ2) is 4.54. The van der Waals surface area contributed by atoms with Gasteiger partial charge in [0.25, 0.3) is 0 Å². The van der Waals surface area contributed by atoms with Crippen LogP contribution in [0.2, 0.25) is 5.15 Å². The summed E-state index contributed by atoms with van der Waals surface area (Å²) in [5, 5.41) is 0.379. The van der Waals surface area contributed by atoms with E-state index in [4.69, 9.17) is 17.3 Å². The highest BCUT2D eigenvalue weighted by atomic mass is 35.5. The van der Waals surface area contributed by atoms with Gasteiger partial charge in [-0.25, -0.2) is 4.98 Å². The zero-order chi connectivity index (χ0) is 11.5. The number of halogens is 1. The number of nitrogen functional groups attached to an aromatic ring is 1. The van der Waals surface area contributed by atoms with Gasteiger partial charge in [-0.05, 0) is 30.5 Å². The van der Waals surface area contributed by atoms with Crippen LogP contribution in [0.1, 0.15) is 16.7 Å². The topological polar surface area (TPSA) is 38.9 Å². The summed E-state index contributed by atoms with van der Waals surface area (Å²) in [6.45, 7) is 2.07. The summed E-state index contributed by atoms with van der Waals surface area (Å²) >= 11 is 5.87. The molecule has 0 atom stereocenters. The lowest BCUT2D eigenvalue weighted by atomic mass is 10.0. The Labute approximate surface area is 100 Å². The Morgan fingerprint density at radius 1 is 1.19 bits per heavy atom. The van der Waals surface area contributed by atoms with Crippen LogP contribution < -0.4 is 5.73 Å². The molecule has 3 heteroatoms. The summed E-state index contributed by atoms with van der Waals surface area (Å²) in [6, 6.07) is 10.3. The molecule has 0 radical (unpaired) electrons. The Morgan fingerprint density at radius 2 is 1.88 bits per heavy atom. The van der Waals surface area contributed by atoms with Crippen molar-refractivity contribution in [2.75, 3.05) is 5.73 Å². The fraction of sp³-hybridized carbons (Fsp3) is 0.154. The molecule has 0 saturated heterocycles. The zero-order valence-electron chi connectivity index (χ0n) is 9.07. The van der Waals surface area contributed by atoms with E-state index in [9.17, 15) is 0 Å². The maximum atomic E-state index is 5.87. The van der Waals surface area contributed by atoms with Gasteiger partial charge >= 0.3 is 0 Å². The molecular weight excluding hydrogens is 220 g/mol. The van der Waals surface area contributed by atoms with E-state index in [1.54, 1.807) is 6.20 Å². The number of nitrogens with zero attached hydrogens (tertiary/aromatic N) is 1. The molecule has 1 heterocycles. The van der Waals surface area contributed by atoms with Gasteiger partial charge in [0.15, 0.2) is 5.15 Å². The predicted molar refractivity (Wildman–Crippen MR) is 67.6 cm³/mol. The van der Waals surface area contributed by atoms with E-state index in [2.05, 4.69) is 36.2 Å². The second-order valence-electron chi connectivity index (χ2n) is 3.84. The number of aromatic nitrogens is 1. The summed E-state index contributed by atoms with van der Waals surface area (Å²) in [6.07, 6.45) is 2.47. The summed E-state index contributed by atoms with van der Waals surface area (Å²) in [4.78, 5) is 3.94. The van der Waals surface area contributed by atoms with Crippen LogP contribution in [0.4, 0.5) is 5.69 Å². The zero-order valence-corrected chi connectivity index (χ0v) is 9.83. The lowest BCUT2D eigenvalue weighted by Gasteiger charge is -2.06. The molecule has 1 aromatic heterocycles. The number of hydrogen-bond acceptors (Lipinski definition) is 2. The minimum Gasteiger partial charge on any atom is -0.396 e. The van der Waals surface area contributed by atoms with Gasteiger partial charge in [-0.3, -0.25) is 0 Å². The van der Waals surface area contributed by atoms with E-state index in [0.717, 1.165) is 12.0 Å². The average molecular weight is 233 g/mol. The number of pyridine rings is 1. The molecule has 0 unspecified atom stereocenters. The minimum absolute atomic E-state index is 0.379. The van der Waals surface area contributed by atoms with Crippen molar-refractivity contribution < 1.29 is 0 Å². The quantitative estimate of drug-likeness (QED) is 0.808. The molecule has 0 aliphatic heterocycles. The van der Waals surface area contributed by atoms with Crippen LogP contribution in [0.25, 0.3) is 0 Å². The Kier molecular flexibility index (Phi) is 3.11. The normalized spacial score (nSPS) is 10.4. The Balaban J connectivity index is 2.27. The highest BCUT2D eigenvalue weighted by Crippen LogP contribution is 2.22. The highest BCUT2D eigenvalue weighted by molar-refractivity contribution is 6.31. The average Bonchev–Trinajstić information content (AvgIpc) is 2.28. The molecule has 0 aliphatic carbocycles. The number of benzene rings is 1. The number of aryl methyl sites for hydroxylation is 1. The van der Waals surface area contributed by atoms with Crippen LogP contribution in [0, 0.1) is 6.92 Å². The van der Waals surface area contributed by atoms with E-state index in [1.807, 2.05) is 6.07 Å². The van der Waals surface area contributed by atoms with Crippen molar-refractivity contribution in [1.29, 1.82) is 0 Å². The first-order valence-electron chi connectivity index (χ1n) is 5.11. The van der Waals surface area contributed by atoms with E-state index in [1.165, 1.54) is 11.1 Å². The van der Waals surface area contributed by atoms with Crippen molar-refractivity contribution in [3.8, 4) is 0 Å². The highest BCUT2D eigenvalue weighted by Gasteiger charge is 2.04. The first-order valence-corrected chi connectivity index (χ1v) is 5.49. The van der Waals surface area contributed by atoms with Crippen molar-refractivity contribution in [2.24, 2.45) is 0 Å². The molecule has 2 aromatic rings. The summed E-state index contributed by atoms with van der Waals surface area (Å²) in [5.41, 5.74) is 9.93. The SMILES string of the molecule is Cc1ccc(Cc2ccnc(Cl)c2N)cc1. The molecule has 1 aromatic carbocycles. The third kappa shape index (κ3) is 2.34. The smallest absolute Gasteiger partial charge is 0.152 e. The largest absolute Gasteiger partial charge is 0.396 e. The van der Waals surface area contributed by atoms with Crippen molar-refractivity contribution in [3.05, 3.63) is 58.4 Å². The molecular formula is C13H13ClN2. The predicted octanol–water partition coefficient (Wildman–Crippen LogP) is 3.22. The molecule has 0 aliphatic rings. The summed E-state index contributed by atoms with van der Waals surface area (Å²) < 4.78 is 0. The van der Waals surface area contributed by atoms with Gasteiger partial charge in [-0.2, -0.15) is 0 Å². The Bertz CT molecular complexity index is 492. The molecule has 16 heavy (non-hydrogen) atoms. The van der Waals surface area contributed by atoms with Gasteiger partial charge in [-0.1, -0.05) is 41.4 Å². The molecule has 2 N–H and O–H groups in total. The molecule has 2 nitrogen and oxygen atoms in total. The van der Waals surface area contributed by atoms with Gasteiger partial charge in [-0.15, -0.1) is 0 Å². The van der Waals surface area contributed by atoms with Crippen molar-refractivity contribution in [2.45, 2.75) is 13.3 Å². The number of hydrogen-bond donors (Lipinski definition) is 1. The van der Waals surface area contributed by atoms with Crippen LogP contribution in [0.15, 0.2) is 36.5 Å². The molecule has 0 saturated carbocycles. The fourth-order valence-corrected chi connectivity index (χ4v) is 1.74. The van der Waals surface area contributed by atoms with Crippen molar-refractivity contribution in [1.82, 2.24) is 4.98 Å². The van der Waals surface area contributed by atoms with Crippen LogP contribution in [-0.4, -0.2) is 4.98 Å². The van der Waals surface area contributed by atoms with Crippen LogP contribution >= 0.6 is 11.6 Å². The molecule has 0 amide bonds. The van der Waals surface area contributed by atoms with E-state index < -0.39 is 0 Å². The number of nitrogens with two attached hydrogens (primary N) is 1. The minimum atomic E-state index is 0.379. The van der Waals surface area contributed by atoms with E-state index in [0.29, 0.717) is 10.8 Å². The second-order valence-corrected chi connectivity index (χ2v) is 4.19. The van der Waals surface area contributed by atoms with Gasteiger partial charge < -0.3 is 5.73 Å². The van der Waals surface area contributed by atoms with Gasteiger partial charge in [0.1, 0.15) is 0 Å². The van der Waals surface area contributed by atoms with Crippen molar-refractivity contribution >= 4 is 17.3 Å². The van der Waals surface area contributed by atoms with Crippen LogP contribution in [0.3, 0.4) is 0 Å². The maximum absolute atomic E-state index is 5.87.